The minimum Gasteiger partial charge on any atom is -0.479 e. The number of carboxylic acid groups (broad SMARTS) is 1. The van der Waals surface area contributed by atoms with E-state index in [1.54, 1.807) is 0 Å². The largest absolute Gasteiger partial charge is 0.479 e. The first-order valence-electron chi connectivity index (χ1n) is 7.80. The second-order valence-electron chi connectivity index (χ2n) is 7.96. The Kier molecular flexibility index (Phi) is 2.97. The number of aliphatic carboxylic acids is 1. The number of rotatable bonds is 4. The molecule has 4 aliphatic carbocycles. The lowest BCUT2D eigenvalue weighted by molar-refractivity contribution is -0.208. The van der Waals surface area contributed by atoms with Crippen LogP contribution in [0.15, 0.2) is 0 Å². The average molecular weight is 266 g/mol. The van der Waals surface area contributed by atoms with Crippen LogP contribution in [-0.4, -0.2) is 21.8 Å². The van der Waals surface area contributed by atoms with Crippen molar-refractivity contribution in [3.63, 3.8) is 0 Å². The summed E-state index contributed by atoms with van der Waals surface area (Å²) in [4.78, 5) is 11.8. The molecule has 19 heavy (non-hydrogen) atoms. The van der Waals surface area contributed by atoms with E-state index in [-0.39, 0.29) is 11.3 Å². The normalized spacial score (nSPS) is 43.5. The first-order chi connectivity index (χ1) is 8.84. The van der Waals surface area contributed by atoms with E-state index >= 15 is 0 Å². The van der Waals surface area contributed by atoms with E-state index in [1.165, 1.54) is 19.3 Å². The molecule has 4 rings (SSSR count). The number of carbonyl (C=O) groups is 1. The molecule has 108 valence electrons. The SMILES string of the molecule is CC(C)CC(O)(C(=O)O)C12CC3CC(CC(C3)C1)C2. The van der Waals surface area contributed by atoms with E-state index in [2.05, 4.69) is 0 Å². The summed E-state index contributed by atoms with van der Waals surface area (Å²) >= 11 is 0. The van der Waals surface area contributed by atoms with Gasteiger partial charge < -0.3 is 10.2 Å². The van der Waals surface area contributed by atoms with Crippen molar-refractivity contribution in [1.29, 1.82) is 0 Å². The fraction of sp³-hybridized carbons (Fsp3) is 0.938. The van der Waals surface area contributed by atoms with Crippen molar-refractivity contribution >= 4 is 5.97 Å². The maximum absolute atomic E-state index is 11.8. The predicted molar refractivity (Wildman–Crippen MR) is 72.6 cm³/mol. The number of carboxylic acids is 1. The number of hydrogen-bond acceptors (Lipinski definition) is 2. The van der Waals surface area contributed by atoms with E-state index in [0.29, 0.717) is 24.2 Å². The van der Waals surface area contributed by atoms with Gasteiger partial charge in [0.15, 0.2) is 5.60 Å². The van der Waals surface area contributed by atoms with Crippen LogP contribution in [0.25, 0.3) is 0 Å². The van der Waals surface area contributed by atoms with Crippen LogP contribution in [-0.2, 0) is 4.79 Å². The van der Waals surface area contributed by atoms with Gasteiger partial charge in [0.2, 0.25) is 0 Å². The fourth-order valence-electron chi connectivity index (χ4n) is 5.74. The van der Waals surface area contributed by atoms with Gasteiger partial charge in [-0.05, 0) is 68.6 Å². The zero-order chi connectivity index (χ0) is 13.8. The molecule has 0 aromatic rings. The molecular formula is C16H26O3. The summed E-state index contributed by atoms with van der Waals surface area (Å²) < 4.78 is 0. The van der Waals surface area contributed by atoms with Gasteiger partial charge in [0, 0.05) is 5.41 Å². The summed E-state index contributed by atoms with van der Waals surface area (Å²) in [7, 11) is 0. The van der Waals surface area contributed by atoms with Crippen LogP contribution in [0.1, 0.15) is 58.8 Å². The van der Waals surface area contributed by atoms with E-state index in [0.717, 1.165) is 19.3 Å². The highest BCUT2D eigenvalue weighted by atomic mass is 16.4. The monoisotopic (exact) mass is 266 g/mol. The molecule has 0 spiro atoms. The molecule has 0 amide bonds. The second-order valence-corrected chi connectivity index (χ2v) is 7.96. The van der Waals surface area contributed by atoms with Crippen molar-refractivity contribution in [1.82, 2.24) is 0 Å². The highest BCUT2D eigenvalue weighted by molar-refractivity contribution is 5.78. The van der Waals surface area contributed by atoms with Crippen LogP contribution >= 0.6 is 0 Å². The Morgan fingerprint density at radius 3 is 1.89 bits per heavy atom. The van der Waals surface area contributed by atoms with Crippen molar-refractivity contribution in [3.05, 3.63) is 0 Å². The summed E-state index contributed by atoms with van der Waals surface area (Å²) in [6.07, 6.45) is 7.04. The van der Waals surface area contributed by atoms with Crippen LogP contribution in [0.2, 0.25) is 0 Å². The van der Waals surface area contributed by atoms with Gasteiger partial charge in [0.1, 0.15) is 0 Å². The lowest BCUT2D eigenvalue weighted by atomic mass is 9.44. The molecule has 4 fully saturated rings. The van der Waals surface area contributed by atoms with Crippen LogP contribution in [0.4, 0.5) is 0 Å². The summed E-state index contributed by atoms with van der Waals surface area (Å²) in [6, 6.07) is 0. The maximum atomic E-state index is 11.8. The summed E-state index contributed by atoms with van der Waals surface area (Å²) in [5.41, 5.74) is -1.84. The minimum absolute atomic E-state index is 0.217. The molecule has 0 radical (unpaired) electrons. The third kappa shape index (κ3) is 1.93. The first-order valence-corrected chi connectivity index (χ1v) is 7.80. The molecule has 4 bridgehead atoms. The van der Waals surface area contributed by atoms with Crippen molar-refractivity contribution in [3.8, 4) is 0 Å². The Hall–Kier alpha value is -0.570. The molecule has 4 saturated carbocycles. The average Bonchev–Trinajstić information content (AvgIpc) is 2.25. The smallest absolute Gasteiger partial charge is 0.336 e. The Balaban J connectivity index is 1.95. The van der Waals surface area contributed by atoms with Crippen LogP contribution in [0.3, 0.4) is 0 Å². The predicted octanol–water partition coefficient (Wildman–Crippen LogP) is 3.06. The Morgan fingerprint density at radius 2 is 1.58 bits per heavy atom. The Labute approximate surface area is 115 Å². The molecule has 3 nitrogen and oxygen atoms in total. The molecule has 3 heteroatoms. The topological polar surface area (TPSA) is 57.5 Å². The van der Waals surface area contributed by atoms with Crippen molar-refractivity contribution in [2.45, 2.75) is 64.4 Å². The van der Waals surface area contributed by atoms with E-state index in [1.807, 2.05) is 13.8 Å². The molecule has 0 aromatic heterocycles. The second kappa shape index (κ2) is 4.21. The molecule has 4 aliphatic rings. The minimum atomic E-state index is -1.50. The van der Waals surface area contributed by atoms with Gasteiger partial charge in [0.05, 0.1) is 0 Å². The van der Waals surface area contributed by atoms with Crippen LogP contribution in [0, 0.1) is 29.1 Å². The Morgan fingerprint density at radius 1 is 1.16 bits per heavy atom. The van der Waals surface area contributed by atoms with Gasteiger partial charge in [-0.15, -0.1) is 0 Å². The first kappa shape index (κ1) is 13.4. The summed E-state index contributed by atoms with van der Waals surface area (Å²) in [5, 5.41) is 20.7. The molecule has 0 saturated heterocycles. The van der Waals surface area contributed by atoms with Crippen LogP contribution < -0.4 is 0 Å². The van der Waals surface area contributed by atoms with Crippen molar-refractivity contribution in [2.24, 2.45) is 29.1 Å². The zero-order valence-corrected chi connectivity index (χ0v) is 12.1. The molecule has 0 aliphatic heterocycles. The van der Waals surface area contributed by atoms with Crippen molar-refractivity contribution < 1.29 is 15.0 Å². The van der Waals surface area contributed by atoms with Gasteiger partial charge in [-0.25, -0.2) is 4.79 Å². The van der Waals surface area contributed by atoms with Gasteiger partial charge in [0.25, 0.3) is 0 Å². The molecular weight excluding hydrogens is 240 g/mol. The molecule has 0 aromatic carbocycles. The van der Waals surface area contributed by atoms with E-state index < -0.39 is 11.6 Å². The molecule has 1 unspecified atom stereocenters. The quantitative estimate of drug-likeness (QED) is 0.822. The fourth-order valence-corrected chi connectivity index (χ4v) is 5.74. The lowest BCUT2D eigenvalue weighted by Gasteiger charge is -2.61. The highest BCUT2D eigenvalue weighted by Crippen LogP contribution is 2.64. The van der Waals surface area contributed by atoms with E-state index in [4.69, 9.17) is 0 Å². The van der Waals surface area contributed by atoms with Crippen LogP contribution in [0.5, 0.6) is 0 Å². The maximum Gasteiger partial charge on any atom is 0.336 e. The van der Waals surface area contributed by atoms with Gasteiger partial charge in [-0.3, -0.25) is 0 Å². The van der Waals surface area contributed by atoms with E-state index in [9.17, 15) is 15.0 Å². The number of aliphatic hydroxyl groups is 1. The third-order valence-electron chi connectivity index (χ3n) is 5.97. The summed E-state index contributed by atoms with van der Waals surface area (Å²) in [5.74, 6) is 1.25. The summed E-state index contributed by atoms with van der Waals surface area (Å²) in [6.45, 7) is 4.02. The lowest BCUT2D eigenvalue weighted by Crippen LogP contribution is -2.62. The van der Waals surface area contributed by atoms with Gasteiger partial charge >= 0.3 is 5.97 Å². The van der Waals surface area contributed by atoms with Crippen molar-refractivity contribution in [2.75, 3.05) is 0 Å². The van der Waals surface area contributed by atoms with Gasteiger partial charge in [-0.1, -0.05) is 13.8 Å². The molecule has 1 atom stereocenters. The molecule has 2 N–H and O–H groups in total. The Bertz CT molecular complexity index is 352. The molecule has 0 heterocycles. The third-order valence-corrected chi connectivity index (χ3v) is 5.97. The van der Waals surface area contributed by atoms with Gasteiger partial charge in [-0.2, -0.15) is 0 Å². The standard InChI is InChI=1S/C16H26O3/c1-10(2)6-16(19,14(17)18)15-7-11-3-12(8-15)5-13(4-11)9-15/h10-13,19H,3-9H2,1-2H3,(H,17,18). The highest BCUT2D eigenvalue weighted by Gasteiger charge is 2.63. The zero-order valence-electron chi connectivity index (χ0n) is 12.1. The number of hydrogen-bond donors (Lipinski definition) is 2.